The maximum atomic E-state index is 12.9. The molecule has 23 heavy (non-hydrogen) atoms. The van der Waals surface area contributed by atoms with Crippen LogP contribution in [0.5, 0.6) is 0 Å². The predicted octanol–water partition coefficient (Wildman–Crippen LogP) is 3.85. The Morgan fingerprint density at radius 2 is 1.65 bits per heavy atom. The van der Waals surface area contributed by atoms with Crippen LogP contribution in [-0.4, -0.2) is 29.9 Å². The van der Waals surface area contributed by atoms with Crippen LogP contribution in [0.1, 0.15) is 28.8 Å². The van der Waals surface area contributed by atoms with E-state index in [1.165, 1.54) is 17.7 Å². The quantitative estimate of drug-likeness (QED) is 0.933. The number of nitrogens with one attached hydrogen (secondary N) is 1. The summed E-state index contributed by atoms with van der Waals surface area (Å²) in [5, 5.41) is 3.53. The van der Waals surface area contributed by atoms with Crippen molar-refractivity contribution in [2.45, 2.75) is 25.8 Å². The monoisotopic (exact) mass is 312 g/mol. The summed E-state index contributed by atoms with van der Waals surface area (Å²) in [6, 6.07) is 14.5. The lowest BCUT2D eigenvalue weighted by Gasteiger charge is -2.33. The van der Waals surface area contributed by atoms with E-state index in [0.717, 1.165) is 31.6 Å². The van der Waals surface area contributed by atoms with Gasteiger partial charge in [0, 0.05) is 30.4 Å². The largest absolute Gasteiger partial charge is 0.382 e. The number of halogens is 1. The molecule has 3 nitrogen and oxygen atoms in total. The zero-order valence-electron chi connectivity index (χ0n) is 13.3. The SMILES string of the molecule is Cc1ccc(NC2CCN(C(=O)c3ccc(F)cc3)CC2)cc1. The van der Waals surface area contributed by atoms with E-state index in [4.69, 9.17) is 0 Å². The molecule has 1 heterocycles. The zero-order valence-corrected chi connectivity index (χ0v) is 13.3. The number of carbonyl (C=O) groups excluding carboxylic acids is 1. The maximum Gasteiger partial charge on any atom is 0.253 e. The second-order valence-electron chi connectivity index (χ2n) is 6.08. The Labute approximate surface area is 136 Å². The second kappa shape index (κ2) is 6.82. The highest BCUT2D eigenvalue weighted by atomic mass is 19.1. The smallest absolute Gasteiger partial charge is 0.253 e. The Kier molecular flexibility index (Phi) is 4.60. The molecular formula is C19H21FN2O. The van der Waals surface area contributed by atoms with E-state index in [9.17, 15) is 9.18 Å². The van der Waals surface area contributed by atoms with E-state index < -0.39 is 0 Å². The Bertz CT molecular complexity index is 659. The fraction of sp³-hybridized carbons (Fsp3) is 0.316. The van der Waals surface area contributed by atoms with Crippen molar-refractivity contribution < 1.29 is 9.18 Å². The molecule has 4 heteroatoms. The number of amides is 1. The Hall–Kier alpha value is -2.36. The minimum atomic E-state index is -0.317. The number of piperidine rings is 1. The third kappa shape index (κ3) is 3.89. The van der Waals surface area contributed by atoms with E-state index in [1.807, 2.05) is 4.90 Å². The van der Waals surface area contributed by atoms with Gasteiger partial charge in [0.05, 0.1) is 0 Å². The first-order valence-electron chi connectivity index (χ1n) is 8.00. The molecule has 1 N–H and O–H groups in total. The molecule has 1 aliphatic rings. The third-order valence-corrected chi connectivity index (χ3v) is 4.30. The van der Waals surface area contributed by atoms with E-state index >= 15 is 0 Å². The number of carbonyl (C=O) groups is 1. The molecule has 0 saturated carbocycles. The van der Waals surface area contributed by atoms with Crippen LogP contribution < -0.4 is 5.32 Å². The summed E-state index contributed by atoms with van der Waals surface area (Å²) < 4.78 is 12.9. The van der Waals surface area contributed by atoms with Gasteiger partial charge in [0.1, 0.15) is 5.82 Å². The van der Waals surface area contributed by atoms with E-state index in [-0.39, 0.29) is 11.7 Å². The fourth-order valence-corrected chi connectivity index (χ4v) is 2.89. The van der Waals surface area contributed by atoms with Crippen LogP contribution in [0.15, 0.2) is 48.5 Å². The van der Waals surface area contributed by atoms with Gasteiger partial charge in [-0.2, -0.15) is 0 Å². The van der Waals surface area contributed by atoms with Gasteiger partial charge < -0.3 is 10.2 Å². The van der Waals surface area contributed by atoms with Crippen LogP contribution >= 0.6 is 0 Å². The van der Waals surface area contributed by atoms with Crippen LogP contribution in [0.3, 0.4) is 0 Å². The molecule has 2 aromatic carbocycles. The van der Waals surface area contributed by atoms with Crippen molar-refractivity contribution in [3.05, 3.63) is 65.5 Å². The number of rotatable bonds is 3. The normalized spacial score (nSPS) is 15.5. The minimum absolute atomic E-state index is 0.0150. The van der Waals surface area contributed by atoms with Gasteiger partial charge in [0.15, 0.2) is 0 Å². The zero-order chi connectivity index (χ0) is 16.2. The van der Waals surface area contributed by atoms with Crippen LogP contribution in [0.4, 0.5) is 10.1 Å². The predicted molar refractivity (Wildman–Crippen MR) is 90.1 cm³/mol. The highest BCUT2D eigenvalue weighted by Gasteiger charge is 2.23. The third-order valence-electron chi connectivity index (χ3n) is 4.30. The van der Waals surface area contributed by atoms with E-state index in [1.54, 1.807) is 12.1 Å². The molecule has 1 aliphatic heterocycles. The number of aryl methyl sites for hydroxylation is 1. The molecule has 120 valence electrons. The summed E-state index contributed by atoms with van der Waals surface area (Å²) >= 11 is 0. The number of hydrogen-bond donors (Lipinski definition) is 1. The molecule has 3 rings (SSSR count). The summed E-state index contributed by atoms with van der Waals surface area (Å²) in [7, 11) is 0. The fourth-order valence-electron chi connectivity index (χ4n) is 2.89. The summed E-state index contributed by atoms with van der Waals surface area (Å²) in [6.45, 7) is 3.52. The van der Waals surface area contributed by atoms with Crippen molar-refractivity contribution in [1.29, 1.82) is 0 Å². The lowest BCUT2D eigenvalue weighted by molar-refractivity contribution is 0.0718. The van der Waals surface area contributed by atoms with Gasteiger partial charge in [0.2, 0.25) is 0 Å². The number of nitrogens with zero attached hydrogens (tertiary/aromatic N) is 1. The summed E-state index contributed by atoms with van der Waals surface area (Å²) in [4.78, 5) is 14.2. The number of hydrogen-bond acceptors (Lipinski definition) is 2. The molecule has 1 fully saturated rings. The van der Waals surface area contributed by atoms with Gasteiger partial charge in [0.25, 0.3) is 5.91 Å². The van der Waals surface area contributed by atoms with Gasteiger partial charge >= 0.3 is 0 Å². The highest BCUT2D eigenvalue weighted by Crippen LogP contribution is 2.19. The molecule has 0 aromatic heterocycles. The second-order valence-corrected chi connectivity index (χ2v) is 6.08. The van der Waals surface area contributed by atoms with Gasteiger partial charge in [-0.25, -0.2) is 4.39 Å². The van der Waals surface area contributed by atoms with Gasteiger partial charge in [-0.15, -0.1) is 0 Å². The lowest BCUT2D eigenvalue weighted by atomic mass is 10.0. The molecule has 1 saturated heterocycles. The van der Waals surface area contributed by atoms with Crippen LogP contribution in [0, 0.1) is 12.7 Å². The first kappa shape index (κ1) is 15.5. The van der Waals surface area contributed by atoms with E-state index in [0.29, 0.717) is 11.6 Å². The lowest BCUT2D eigenvalue weighted by Crippen LogP contribution is -2.42. The Morgan fingerprint density at radius 3 is 2.26 bits per heavy atom. The first-order chi connectivity index (χ1) is 11.1. The van der Waals surface area contributed by atoms with Crippen molar-refractivity contribution in [1.82, 2.24) is 4.90 Å². The van der Waals surface area contributed by atoms with E-state index in [2.05, 4.69) is 36.5 Å². The Balaban J connectivity index is 1.54. The molecule has 0 aliphatic carbocycles. The average molecular weight is 312 g/mol. The average Bonchev–Trinajstić information content (AvgIpc) is 2.58. The van der Waals surface area contributed by atoms with Crippen molar-refractivity contribution in [2.24, 2.45) is 0 Å². The molecular weight excluding hydrogens is 291 g/mol. The molecule has 1 amide bonds. The van der Waals surface area contributed by atoms with Crippen molar-refractivity contribution in [2.75, 3.05) is 18.4 Å². The van der Waals surface area contributed by atoms with Crippen LogP contribution in [0.2, 0.25) is 0 Å². The number of anilines is 1. The van der Waals surface area contributed by atoms with Crippen molar-refractivity contribution in [3.8, 4) is 0 Å². The molecule has 0 radical (unpaired) electrons. The molecule has 2 aromatic rings. The van der Waals surface area contributed by atoms with Gasteiger partial charge in [-0.05, 0) is 56.2 Å². The topological polar surface area (TPSA) is 32.3 Å². The first-order valence-corrected chi connectivity index (χ1v) is 8.00. The van der Waals surface area contributed by atoms with Gasteiger partial charge in [-0.3, -0.25) is 4.79 Å². The molecule has 0 bridgehead atoms. The molecule has 0 spiro atoms. The summed E-state index contributed by atoms with van der Waals surface area (Å²) in [6.07, 6.45) is 1.83. The summed E-state index contributed by atoms with van der Waals surface area (Å²) in [5.74, 6) is -0.332. The Morgan fingerprint density at radius 1 is 1.04 bits per heavy atom. The van der Waals surface area contributed by atoms with Crippen molar-refractivity contribution >= 4 is 11.6 Å². The maximum absolute atomic E-state index is 12.9. The minimum Gasteiger partial charge on any atom is -0.382 e. The van der Waals surface area contributed by atoms with Crippen molar-refractivity contribution in [3.63, 3.8) is 0 Å². The summed E-state index contributed by atoms with van der Waals surface area (Å²) in [5.41, 5.74) is 2.92. The van der Waals surface area contributed by atoms with Crippen LogP contribution in [0.25, 0.3) is 0 Å². The molecule has 0 unspecified atom stereocenters. The number of benzene rings is 2. The van der Waals surface area contributed by atoms with Gasteiger partial charge in [-0.1, -0.05) is 17.7 Å². The van der Waals surface area contributed by atoms with Crippen LogP contribution in [-0.2, 0) is 0 Å². The number of likely N-dealkylation sites (tertiary alicyclic amines) is 1. The molecule has 0 atom stereocenters. The highest BCUT2D eigenvalue weighted by molar-refractivity contribution is 5.94. The standard InChI is InChI=1S/C19H21FN2O/c1-14-2-8-17(9-3-14)21-18-10-12-22(13-11-18)19(23)15-4-6-16(20)7-5-15/h2-9,18,21H,10-13H2,1H3.